The molecule has 0 amide bonds. The minimum atomic E-state index is -0.655. The van der Waals surface area contributed by atoms with Gasteiger partial charge in [-0.1, -0.05) is 13.8 Å². The zero-order valence-corrected chi connectivity index (χ0v) is 9.25. The molecule has 0 aromatic rings. The van der Waals surface area contributed by atoms with Gasteiger partial charge in [0.15, 0.2) is 5.79 Å². The maximum atomic E-state index is 10.3. The minimum absolute atomic E-state index is 0.102. The third kappa shape index (κ3) is 1.38. The summed E-state index contributed by atoms with van der Waals surface area (Å²) in [5, 5.41) is 10.3. The van der Waals surface area contributed by atoms with Crippen molar-refractivity contribution < 1.29 is 14.6 Å². The molecule has 1 N–H and O–H groups in total. The molecular weight excluding hydrogens is 180 g/mol. The highest BCUT2D eigenvalue weighted by molar-refractivity contribution is 5.03. The van der Waals surface area contributed by atoms with Crippen LogP contribution in [0.25, 0.3) is 0 Å². The first-order valence-electron chi connectivity index (χ1n) is 5.61. The Labute approximate surface area is 85.4 Å². The maximum absolute atomic E-state index is 10.3. The van der Waals surface area contributed by atoms with E-state index in [4.69, 9.17) is 9.47 Å². The monoisotopic (exact) mass is 200 g/mol. The molecule has 1 aliphatic heterocycles. The van der Waals surface area contributed by atoms with Crippen LogP contribution in [-0.2, 0) is 9.47 Å². The Kier molecular flexibility index (Phi) is 2.37. The molecule has 3 heteroatoms. The van der Waals surface area contributed by atoms with Crippen molar-refractivity contribution in [3.05, 3.63) is 0 Å². The molecule has 1 saturated carbocycles. The van der Waals surface area contributed by atoms with Crippen molar-refractivity contribution in [1.82, 2.24) is 0 Å². The quantitative estimate of drug-likeness (QED) is 0.739. The van der Waals surface area contributed by atoms with Crippen LogP contribution in [-0.4, -0.2) is 28.7 Å². The molecule has 4 atom stereocenters. The van der Waals surface area contributed by atoms with E-state index in [0.717, 1.165) is 25.7 Å². The zero-order valence-electron chi connectivity index (χ0n) is 9.25. The smallest absolute Gasteiger partial charge is 0.166 e. The Morgan fingerprint density at radius 1 is 1.29 bits per heavy atom. The van der Waals surface area contributed by atoms with Crippen LogP contribution in [0.2, 0.25) is 0 Å². The molecule has 2 rings (SSSR count). The van der Waals surface area contributed by atoms with Crippen LogP contribution >= 0.6 is 0 Å². The first-order valence-corrected chi connectivity index (χ1v) is 5.61. The Bertz CT molecular complexity index is 231. The molecule has 2 aliphatic rings. The molecule has 0 spiro atoms. The summed E-state index contributed by atoms with van der Waals surface area (Å²) in [6.07, 6.45) is 3.29. The third-order valence-electron chi connectivity index (χ3n) is 3.76. The van der Waals surface area contributed by atoms with E-state index in [1.807, 2.05) is 20.8 Å². The highest BCUT2D eigenvalue weighted by Gasteiger charge is 2.56. The van der Waals surface area contributed by atoms with E-state index >= 15 is 0 Å². The maximum Gasteiger partial charge on any atom is 0.166 e. The standard InChI is InChI=1S/C11H20O3/c1-4-10(3)13-8-6-7-11(12,5-2)9(8)14-10/h8-9,12H,4-7H2,1-3H3/t8-,9+,10+,11+/m1/s1. The van der Waals surface area contributed by atoms with E-state index < -0.39 is 11.4 Å². The number of hydrogen-bond donors (Lipinski definition) is 1. The van der Waals surface area contributed by atoms with Gasteiger partial charge in [-0.05, 0) is 32.6 Å². The van der Waals surface area contributed by atoms with E-state index in [9.17, 15) is 5.11 Å². The van der Waals surface area contributed by atoms with E-state index in [1.165, 1.54) is 0 Å². The SMILES string of the molecule is CC[C@@]1(C)O[C@@H]2CC[C@@](O)(CC)[C@H]2O1. The number of hydrogen-bond acceptors (Lipinski definition) is 3. The normalized spacial score (nSPS) is 52.3. The summed E-state index contributed by atoms with van der Waals surface area (Å²) < 4.78 is 11.7. The van der Waals surface area contributed by atoms with Crippen molar-refractivity contribution in [2.45, 2.75) is 70.1 Å². The second kappa shape index (κ2) is 3.19. The van der Waals surface area contributed by atoms with Gasteiger partial charge in [0.25, 0.3) is 0 Å². The molecule has 0 bridgehead atoms. The predicted molar refractivity (Wildman–Crippen MR) is 52.9 cm³/mol. The Morgan fingerprint density at radius 3 is 2.57 bits per heavy atom. The van der Waals surface area contributed by atoms with Crippen molar-refractivity contribution in [3.63, 3.8) is 0 Å². The lowest BCUT2D eigenvalue weighted by Crippen LogP contribution is -2.41. The lowest BCUT2D eigenvalue weighted by atomic mass is 9.96. The summed E-state index contributed by atoms with van der Waals surface area (Å²) in [6, 6.07) is 0. The highest BCUT2D eigenvalue weighted by atomic mass is 16.8. The molecule has 0 radical (unpaired) electrons. The van der Waals surface area contributed by atoms with Crippen molar-refractivity contribution in [3.8, 4) is 0 Å². The van der Waals surface area contributed by atoms with Crippen LogP contribution < -0.4 is 0 Å². The fourth-order valence-corrected chi connectivity index (χ4v) is 2.50. The van der Waals surface area contributed by atoms with Gasteiger partial charge in [-0.25, -0.2) is 0 Å². The van der Waals surface area contributed by atoms with Gasteiger partial charge in [-0.2, -0.15) is 0 Å². The van der Waals surface area contributed by atoms with Gasteiger partial charge in [-0.3, -0.25) is 0 Å². The van der Waals surface area contributed by atoms with E-state index in [-0.39, 0.29) is 12.2 Å². The van der Waals surface area contributed by atoms with Crippen molar-refractivity contribution >= 4 is 0 Å². The topological polar surface area (TPSA) is 38.7 Å². The first-order chi connectivity index (χ1) is 6.53. The Hall–Kier alpha value is -0.120. The summed E-state index contributed by atoms with van der Waals surface area (Å²) in [7, 11) is 0. The van der Waals surface area contributed by atoms with Gasteiger partial charge < -0.3 is 14.6 Å². The number of fused-ring (bicyclic) bond motifs is 1. The summed E-state index contributed by atoms with van der Waals surface area (Å²) in [5.41, 5.74) is -0.655. The number of aliphatic hydroxyl groups is 1. The van der Waals surface area contributed by atoms with Gasteiger partial charge in [0.2, 0.25) is 0 Å². The summed E-state index contributed by atoms with van der Waals surface area (Å²) in [5.74, 6) is -0.473. The van der Waals surface area contributed by atoms with Crippen molar-refractivity contribution in [2.24, 2.45) is 0 Å². The van der Waals surface area contributed by atoms with Gasteiger partial charge >= 0.3 is 0 Å². The summed E-state index contributed by atoms with van der Waals surface area (Å²) in [6.45, 7) is 6.01. The number of rotatable bonds is 2. The van der Waals surface area contributed by atoms with Crippen molar-refractivity contribution in [1.29, 1.82) is 0 Å². The van der Waals surface area contributed by atoms with Crippen LogP contribution in [0.4, 0.5) is 0 Å². The molecule has 1 heterocycles. The van der Waals surface area contributed by atoms with Crippen molar-refractivity contribution in [2.75, 3.05) is 0 Å². The highest BCUT2D eigenvalue weighted by Crippen LogP contribution is 2.46. The van der Waals surface area contributed by atoms with Crippen LogP contribution in [0.3, 0.4) is 0 Å². The van der Waals surface area contributed by atoms with Crippen LogP contribution in [0.15, 0.2) is 0 Å². The lowest BCUT2D eigenvalue weighted by molar-refractivity contribution is -0.191. The number of ether oxygens (including phenoxy) is 2. The zero-order chi connectivity index (χ0) is 10.4. The average molecular weight is 200 g/mol. The summed E-state index contributed by atoms with van der Waals surface area (Å²) >= 11 is 0. The lowest BCUT2D eigenvalue weighted by Gasteiger charge is -2.29. The van der Waals surface area contributed by atoms with E-state index in [1.54, 1.807) is 0 Å². The third-order valence-corrected chi connectivity index (χ3v) is 3.76. The molecule has 82 valence electrons. The summed E-state index contributed by atoms with van der Waals surface area (Å²) in [4.78, 5) is 0. The molecule has 0 aromatic heterocycles. The largest absolute Gasteiger partial charge is 0.387 e. The molecule has 3 nitrogen and oxygen atoms in total. The molecule has 0 unspecified atom stereocenters. The molecule has 0 aromatic carbocycles. The van der Waals surface area contributed by atoms with Gasteiger partial charge in [0.05, 0.1) is 11.7 Å². The van der Waals surface area contributed by atoms with Gasteiger partial charge in [0.1, 0.15) is 6.10 Å². The first kappa shape index (κ1) is 10.4. The molecule has 2 fully saturated rings. The molecular formula is C11H20O3. The van der Waals surface area contributed by atoms with E-state index in [0.29, 0.717) is 0 Å². The minimum Gasteiger partial charge on any atom is -0.387 e. The second-order valence-corrected chi connectivity index (χ2v) is 4.68. The molecule has 1 aliphatic carbocycles. The molecule has 1 saturated heterocycles. The van der Waals surface area contributed by atoms with Gasteiger partial charge in [0, 0.05) is 0 Å². The fraction of sp³-hybridized carbons (Fsp3) is 1.00. The van der Waals surface area contributed by atoms with Crippen LogP contribution in [0.5, 0.6) is 0 Å². The van der Waals surface area contributed by atoms with Crippen LogP contribution in [0.1, 0.15) is 46.5 Å². The van der Waals surface area contributed by atoms with Crippen LogP contribution in [0, 0.1) is 0 Å². The van der Waals surface area contributed by atoms with Gasteiger partial charge in [-0.15, -0.1) is 0 Å². The second-order valence-electron chi connectivity index (χ2n) is 4.68. The Morgan fingerprint density at radius 2 is 2.00 bits per heavy atom. The predicted octanol–water partition coefficient (Wildman–Crippen LogP) is 1.83. The Balaban J connectivity index is 2.14. The fourth-order valence-electron chi connectivity index (χ4n) is 2.50. The van der Waals surface area contributed by atoms with E-state index in [2.05, 4.69) is 0 Å². The average Bonchev–Trinajstić information content (AvgIpc) is 2.66. The molecule has 14 heavy (non-hydrogen) atoms.